The van der Waals surface area contributed by atoms with E-state index in [-0.39, 0.29) is 5.25 Å². The minimum absolute atomic E-state index is 0.225. The van der Waals surface area contributed by atoms with E-state index >= 15 is 0 Å². The van der Waals surface area contributed by atoms with E-state index in [1.165, 1.54) is 23.7 Å². The number of nitrogens with zero attached hydrogens (tertiary/aromatic N) is 2. The fourth-order valence-electron chi connectivity index (χ4n) is 4.34. The summed E-state index contributed by atoms with van der Waals surface area (Å²) in [6, 6.07) is 22.8. The SMILES string of the molecule is CSC1CCCCC1(O)CSc1nc(-c2ccccc2)cc(-c2ccc(C)cc2)c1C#N. The third-order valence-corrected chi connectivity index (χ3v) is 8.66. The Morgan fingerprint density at radius 3 is 2.53 bits per heavy atom. The molecule has 1 heterocycles. The highest BCUT2D eigenvalue weighted by Crippen LogP contribution is 2.41. The van der Waals surface area contributed by atoms with Gasteiger partial charge in [0.2, 0.25) is 0 Å². The highest BCUT2D eigenvalue weighted by molar-refractivity contribution is 8.00. The van der Waals surface area contributed by atoms with Crippen molar-refractivity contribution < 1.29 is 5.11 Å². The lowest BCUT2D eigenvalue weighted by atomic mass is 9.86. The van der Waals surface area contributed by atoms with Gasteiger partial charge in [-0.3, -0.25) is 0 Å². The summed E-state index contributed by atoms with van der Waals surface area (Å²) in [6.07, 6.45) is 6.13. The molecule has 2 atom stereocenters. The van der Waals surface area contributed by atoms with E-state index in [4.69, 9.17) is 4.98 Å². The van der Waals surface area contributed by atoms with Crippen LogP contribution in [-0.2, 0) is 0 Å². The minimum atomic E-state index is -0.733. The molecule has 1 fully saturated rings. The fourth-order valence-corrected chi connectivity index (χ4v) is 6.68. The number of hydrogen-bond donors (Lipinski definition) is 1. The van der Waals surface area contributed by atoms with Gasteiger partial charge >= 0.3 is 0 Å². The molecule has 0 spiro atoms. The summed E-state index contributed by atoms with van der Waals surface area (Å²) in [7, 11) is 0. The average Bonchev–Trinajstić information content (AvgIpc) is 2.83. The summed E-state index contributed by atoms with van der Waals surface area (Å²) in [5.74, 6) is 0.547. The van der Waals surface area contributed by atoms with Crippen LogP contribution < -0.4 is 0 Å². The van der Waals surface area contributed by atoms with Gasteiger partial charge in [-0.2, -0.15) is 17.0 Å². The first kappa shape index (κ1) is 22.9. The van der Waals surface area contributed by atoms with E-state index in [1.54, 1.807) is 11.8 Å². The van der Waals surface area contributed by atoms with E-state index in [0.29, 0.717) is 16.3 Å². The molecular formula is C27H28N2OS2. The maximum absolute atomic E-state index is 11.4. The highest BCUT2D eigenvalue weighted by atomic mass is 32.2. The highest BCUT2D eigenvalue weighted by Gasteiger charge is 2.38. The quantitative estimate of drug-likeness (QED) is 0.414. The fraction of sp³-hybridized carbons (Fsp3) is 0.333. The zero-order valence-corrected chi connectivity index (χ0v) is 20.2. The van der Waals surface area contributed by atoms with Crippen molar-refractivity contribution in [3.8, 4) is 28.5 Å². The van der Waals surface area contributed by atoms with Gasteiger partial charge in [0.25, 0.3) is 0 Å². The summed E-state index contributed by atoms with van der Waals surface area (Å²) >= 11 is 3.27. The first-order valence-corrected chi connectivity index (χ1v) is 13.3. The summed E-state index contributed by atoms with van der Waals surface area (Å²) in [4.78, 5) is 4.91. The van der Waals surface area contributed by atoms with Crippen LogP contribution in [0.2, 0.25) is 0 Å². The molecule has 32 heavy (non-hydrogen) atoms. The van der Waals surface area contributed by atoms with Crippen LogP contribution in [0.3, 0.4) is 0 Å². The zero-order chi connectivity index (χ0) is 22.6. The molecule has 1 aliphatic rings. The number of nitriles is 1. The second-order valence-corrected chi connectivity index (χ2v) is 10.4. The maximum atomic E-state index is 11.4. The predicted molar refractivity (Wildman–Crippen MR) is 136 cm³/mol. The molecule has 1 saturated carbocycles. The van der Waals surface area contributed by atoms with Crippen molar-refractivity contribution >= 4 is 23.5 Å². The second-order valence-electron chi connectivity index (χ2n) is 8.44. The van der Waals surface area contributed by atoms with Gasteiger partial charge < -0.3 is 5.11 Å². The first-order valence-electron chi connectivity index (χ1n) is 11.0. The minimum Gasteiger partial charge on any atom is -0.388 e. The van der Waals surface area contributed by atoms with Crippen LogP contribution in [0.15, 0.2) is 65.7 Å². The van der Waals surface area contributed by atoms with Crippen molar-refractivity contribution in [1.82, 2.24) is 4.98 Å². The molecule has 0 saturated heterocycles. The van der Waals surface area contributed by atoms with Crippen molar-refractivity contribution in [1.29, 1.82) is 5.26 Å². The lowest BCUT2D eigenvalue weighted by Gasteiger charge is -2.38. The van der Waals surface area contributed by atoms with Gasteiger partial charge in [-0.1, -0.05) is 73.0 Å². The van der Waals surface area contributed by atoms with E-state index in [2.05, 4.69) is 43.5 Å². The molecule has 0 bridgehead atoms. The number of aryl methyl sites for hydroxylation is 1. The van der Waals surface area contributed by atoms with Crippen LogP contribution in [0.4, 0.5) is 0 Å². The molecule has 3 aromatic rings. The van der Waals surface area contributed by atoms with Crippen molar-refractivity contribution in [3.63, 3.8) is 0 Å². The van der Waals surface area contributed by atoms with E-state index < -0.39 is 5.60 Å². The topological polar surface area (TPSA) is 56.9 Å². The Balaban J connectivity index is 1.77. The van der Waals surface area contributed by atoms with Crippen LogP contribution in [0.5, 0.6) is 0 Å². The number of aromatic nitrogens is 1. The smallest absolute Gasteiger partial charge is 0.115 e. The third kappa shape index (κ3) is 4.88. The Morgan fingerprint density at radius 2 is 1.84 bits per heavy atom. The number of hydrogen-bond acceptors (Lipinski definition) is 5. The monoisotopic (exact) mass is 460 g/mol. The van der Waals surface area contributed by atoms with E-state index in [1.807, 2.05) is 36.4 Å². The molecule has 2 aromatic carbocycles. The zero-order valence-electron chi connectivity index (χ0n) is 18.5. The second kappa shape index (κ2) is 10.1. The van der Waals surface area contributed by atoms with Gasteiger partial charge in [0.05, 0.1) is 16.9 Å². The van der Waals surface area contributed by atoms with Crippen molar-refractivity contribution in [2.75, 3.05) is 12.0 Å². The van der Waals surface area contributed by atoms with Crippen molar-refractivity contribution in [2.45, 2.75) is 48.5 Å². The largest absolute Gasteiger partial charge is 0.388 e. The molecule has 1 aliphatic carbocycles. The van der Waals surface area contributed by atoms with Crippen molar-refractivity contribution in [3.05, 3.63) is 71.8 Å². The Labute approximate surface area is 199 Å². The Morgan fingerprint density at radius 1 is 1.09 bits per heavy atom. The average molecular weight is 461 g/mol. The van der Waals surface area contributed by atoms with Gasteiger partial charge in [0.15, 0.2) is 0 Å². The number of benzene rings is 2. The predicted octanol–water partition coefficient (Wildman–Crippen LogP) is 6.72. The molecule has 0 radical (unpaired) electrons. The molecule has 0 amide bonds. The molecule has 4 rings (SSSR count). The van der Waals surface area contributed by atoms with Gasteiger partial charge in [-0.05, 0) is 37.7 Å². The molecule has 2 unspecified atom stereocenters. The Hall–Kier alpha value is -2.26. The van der Waals surface area contributed by atoms with Crippen LogP contribution >= 0.6 is 23.5 Å². The number of thioether (sulfide) groups is 2. The van der Waals surface area contributed by atoms with Crippen LogP contribution in [-0.4, -0.2) is 33.0 Å². The normalized spacial score (nSPS) is 20.6. The van der Waals surface area contributed by atoms with Gasteiger partial charge in [0, 0.05) is 22.1 Å². The van der Waals surface area contributed by atoms with Crippen molar-refractivity contribution in [2.24, 2.45) is 0 Å². The third-order valence-electron chi connectivity index (χ3n) is 6.20. The first-order chi connectivity index (χ1) is 15.5. The lowest BCUT2D eigenvalue weighted by molar-refractivity contribution is 0.0340. The Bertz CT molecular complexity index is 1110. The number of aliphatic hydroxyl groups is 1. The van der Waals surface area contributed by atoms with E-state index in [9.17, 15) is 10.4 Å². The molecule has 1 aromatic heterocycles. The van der Waals surface area contributed by atoms with Gasteiger partial charge in [0.1, 0.15) is 11.1 Å². The number of pyridine rings is 1. The van der Waals surface area contributed by atoms with Gasteiger partial charge in [-0.25, -0.2) is 4.98 Å². The van der Waals surface area contributed by atoms with E-state index in [0.717, 1.165) is 41.6 Å². The Kier molecular flexibility index (Phi) is 7.25. The molecule has 1 N–H and O–H groups in total. The molecule has 164 valence electrons. The standard InChI is InChI=1S/C27H28N2OS2/c1-19-11-13-20(14-12-19)22-16-24(21-8-4-3-5-9-21)29-26(23(22)17-28)32-18-27(30)15-7-6-10-25(27)31-2/h3-5,8-9,11-14,16,25,30H,6-7,10,15,18H2,1-2H3. The molecule has 0 aliphatic heterocycles. The lowest BCUT2D eigenvalue weighted by Crippen LogP contribution is -2.45. The van der Waals surface area contributed by atoms with Crippen LogP contribution in [0.1, 0.15) is 36.8 Å². The summed E-state index contributed by atoms with van der Waals surface area (Å²) in [5, 5.41) is 22.4. The van der Waals surface area contributed by atoms with Crippen LogP contribution in [0.25, 0.3) is 22.4 Å². The van der Waals surface area contributed by atoms with Crippen LogP contribution in [0, 0.1) is 18.3 Å². The number of rotatable bonds is 6. The summed E-state index contributed by atoms with van der Waals surface area (Å²) in [6.45, 7) is 2.06. The molecular weight excluding hydrogens is 432 g/mol. The summed E-state index contributed by atoms with van der Waals surface area (Å²) < 4.78 is 0. The maximum Gasteiger partial charge on any atom is 0.115 e. The molecule has 5 heteroatoms. The molecule has 3 nitrogen and oxygen atoms in total. The summed E-state index contributed by atoms with van der Waals surface area (Å²) in [5.41, 5.74) is 4.79. The van der Waals surface area contributed by atoms with Gasteiger partial charge in [-0.15, -0.1) is 11.8 Å².